The molecule has 0 atom stereocenters. The third kappa shape index (κ3) is 4.80. The Kier molecular flexibility index (Phi) is 5.78. The van der Waals surface area contributed by atoms with Crippen molar-refractivity contribution in [2.75, 3.05) is 0 Å². The van der Waals surface area contributed by atoms with E-state index in [9.17, 15) is 0 Å². The molecule has 0 N–H and O–H groups in total. The molecule has 0 aromatic carbocycles. The fourth-order valence-corrected chi connectivity index (χ4v) is 2.50. The first-order valence-electron chi connectivity index (χ1n) is 8.36. The van der Waals surface area contributed by atoms with E-state index in [2.05, 4.69) is 32.1 Å². The number of aryl methyl sites for hydroxylation is 2. The van der Waals surface area contributed by atoms with E-state index in [1.165, 1.54) is 11.1 Å². The molecule has 0 spiro atoms. The van der Waals surface area contributed by atoms with E-state index in [1.807, 2.05) is 69.1 Å². The van der Waals surface area contributed by atoms with E-state index in [0.717, 1.165) is 22.3 Å². The Labute approximate surface area is 153 Å². The largest absolute Gasteiger partial charge is 0.265 e. The van der Waals surface area contributed by atoms with Gasteiger partial charge in [0.1, 0.15) is 0 Å². The molecular formula is C22H20N4. The van der Waals surface area contributed by atoms with Crippen molar-refractivity contribution < 1.29 is 0 Å². The summed E-state index contributed by atoms with van der Waals surface area (Å²) in [5, 5.41) is 0. The SMILES string of the molecule is Cc1cncc(-c2cccnc2)c1.Cc1cncc(-c2ccncc2)c1. The summed E-state index contributed by atoms with van der Waals surface area (Å²) in [5.41, 5.74) is 6.87. The lowest BCUT2D eigenvalue weighted by atomic mass is 10.1. The highest BCUT2D eigenvalue weighted by Gasteiger charge is 1.97. The molecule has 4 heteroatoms. The summed E-state index contributed by atoms with van der Waals surface area (Å²) < 4.78 is 0. The molecule has 0 saturated heterocycles. The molecule has 4 aromatic rings. The van der Waals surface area contributed by atoms with Gasteiger partial charge in [-0.3, -0.25) is 19.9 Å². The fraction of sp³-hybridized carbons (Fsp3) is 0.0909. The van der Waals surface area contributed by atoms with Crippen LogP contribution in [0.2, 0.25) is 0 Å². The van der Waals surface area contributed by atoms with Gasteiger partial charge < -0.3 is 0 Å². The third-order valence-electron chi connectivity index (χ3n) is 3.76. The molecule has 0 fully saturated rings. The number of rotatable bonds is 2. The highest BCUT2D eigenvalue weighted by molar-refractivity contribution is 5.62. The Morgan fingerprint density at radius 3 is 1.62 bits per heavy atom. The van der Waals surface area contributed by atoms with Crippen LogP contribution in [0.15, 0.2) is 86.0 Å². The van der Waals surface area contributed by atoms with E-state index in [-0.39, 0.29) is 0 Å². The molecule has 128 valence electrons. The van der Waals surface area contributed by atoms with Crippen LogP contribution in [0.4, 0.5) is 0 Å². The number of aromatic nitrogens is 4. The molecule has 0 unspecified atom stereocenters. The average molecular weight is 340 g/mol. The highest BCUT2D eigenvalue weighted by Crippen LogP contribution is 2.18. The van der Waals surface area contributed by atoms with Gasteiger partial charge in [0.05, 0.1) is 0 Å². The first-order chi connectivity index (χ1) is 12.7. The summed E-state index contributed by atoms with van der Waals surface area (Å²) in [5.74, 6) is 0. The van der Waals surface area contributed by atoms with E-state index >= 15 is 0 Å². The first-order valence-corrected chi connectivity index (χ1v) is 8.36. The van der Waals surface area contributed by atoms with Crippen LogP contribution in [0.25, 0.3) is 22.3 Å². The van der Waals surface area contributed by atoms with Crippen molar-refractivity contribution in [1.82, 2.24) is 19.9 Å². The minimum atomic E-state index is 1.11. The van der Waals surface area contributed by atoms with Gasteiger partial charge in [0, 0.05) is 66.3 Å². The zero-order valence-corrected chi connectivity index (χ0v) is 14.9. The number of hydrogen-bond acceptors (Lipinski definition) is 4. The predicted octanol–water partition coefficient (Wildman–Crippen LogP) is 4.90. The van der Waals surface area contributed by atoms with Crippen molar-refractivity contribution in [3.05, 3.63) is 97.1 Å². The summed E-state index contributed by atoms with van der Waals surface area (Å²) in [6.07, 6.45) is 14.6. The van der Waals surface area contributed by atoms with Gasteiger partial charge in [-0.1, -0.05) is 6.07 Å². The summed E-state index contributed by atoms with van der Waals surface area (Å²) >= 11 is 0. The van der Waals surface area contributed by atoms with Gasteiger partial charge in [-0.05, 0) is 60.9 Å². The summed E-state index contributed by atoms with van der Waals surface area (Å²) in [7, 11) is 0. The van der Waals surface area contributed by atoms with Crippen LogP contribution < -0.4 is 0 Å². The van der Waals surface area contributed by atoms with E-state index in [4.69, 9.17) is 0 Å². The number of nitrogens with zero attached hydrogens (tertiary/aromatic N) is 4. The van der Waals surface area contributed by atoms with Crippen LogP contribution in [0, 0.1) is 13.8 Å². The van der Waals surface area contributed by atoms with Crippen LogP contribution in [0.1, 0.15) is 11.1 Å². The minimum absolute atomic E-state index is 1.11. The zero-order chi connectivity index (χ0) is 18.2. The van der Waals surface area contributed by atoms with Crippen molar-refractivity contribution in [2.45, 2.75) is 13.8 Å². The highest BCUT2D eigenvalue weighted by atomic mass is 14.6. The van der Waals surface area contributed by atoms with Crippen molar-refractivity contribution in [3.63, 3.8) is 0 Å². The maximum atomic E-state index is 4.14. The fourth-order valence-electron chi connectivity index (χ4n) is 2.50. The molecule has 4 heterocycles. The Bertz CT molecular complexity index is 873. The zero-order valence-electron chi connectivity index (χ0n) is 14.9. The van der Waals surface area contributed by atoms with E-state index in [1.54, 1.807) is 18.6 Å². The number of pyridine rings is 4. The second-order valence-electron chi connectivity index (χ2n) is 5.98. The molecule has 0 bridgehead atoms. The molecule has 0 saturated carbocycles. The van der Waals surface area contributed by atoms with Crippen LogP contribution in [0.5, 0.6) is 0 Å². The van der Waals surface area contributed by atoms with E-state index < -0.39 is 0 Å². The lowest BCUT2D eigenvalue weighted by Gasteiger charge is -2.00. The lowest BCUT2D eigenvalue weighted by molar-refractivity contribution is 1.26. The molecule has 0 amide bonds. The topological polar surface area (TPSA) is 51.6 Å². The second kappa shape index (κ2) is 8.62. The lowest BCUT2D eigenvalue weighted by Crippen LogP contribution is -1.82. The van der Waals surface area contributed by atoms with Crippen LogP contribution in [-0.4, -0.2) is 19.9 Å². The Morgan fingerprint density at radius 2 is 1.08 bits per heavy atom. The van der Waals surface area contributed by atoms with Crippen molar-refractivity contribution in [3.8, 4) is 22.3 Å². The van der Waals surface area contributed by atoms with Crippen LogP contribution in [0.3, 0.4) is 0 Å². The second-order valence-corrected chi connectivity index (χ2v) is 5.98. The number of hydrogen-bond donors (Lipinski definition) is 0. The minimum Gasteiger partial charge on any atom is -0.265 e. The van der Waals surface area contributed by atoms with Gasteiger partial charge in [-0.25, -0.2) is 0 Å². The predicted molar refractivity (Wildman–Crippen MR) is 104 cm³/mol. The van der Waals surface area contributed by atoms with Crippen molar-refractivity contribution >= 4 is 0 Å². The molecule has 0 aliphatic heterocycles. The molecule has 0 radical (unpaired) electrons. The van der Waals surface area contributed by atoms with Gasteiger partial charge in [0.25, 0.3) is 0 Å². The van der Waals surface area contributed by atoms with E-state index in [0.29, 0.717) is 0 Å². The molecule has 0 aliphatic carbocycles. The maximum Gasteiger partial charge on any atom is 0.0347 e. The third-order valence-corrected chi connectivity index (χ3v) is 3.76. The average Bonchev–Trinajstić information content (AvgIpc) is 2.70. The Hall–Kier alpha value is -3.40. The smallest absolute Gasteiger partial charge is 0.0347 e. The quantitative estimate of drug-likeness (QED) is 0.520. The van der Waals surface area contributed by atoms with Crippen molar-refractivity contribution in [1.29, 1.82) is 0 Å². The normalized spacial score (nSPS) is 9.92. The van der Waals surface area contributed by atoms with Crippen molar-refractivity contribution in [2.24, 2.45) is 0 Å². The standard InChI is InChI=1S/2C11H10N2/c1-9-6-11(8-13-7-9)10-2-4-12-5-3-10;1-9-5-11(8-13-6-9)10-3-2-4-12-7-10/h2*2-8H,1H3. The molecule has 4 nitrogen and oxygen atoms in total. The molecule has 4 rings (SSSR count). The summed E-state index contributed by atoms with van der Waals surface area (Å²) in [4.78, 5) is 16.3. The molecule has 0 aliphatic rings. The molecular weight excluding hydrogens is 320 g/mol. The van der Waals surface area contributed by atoms with Gasteiger partial charge in [-0.15, -0.1) is 0 Å². The van der Waals surface area contributed by atoms with Crippen LogP contribution in [-0.2, 0) is 0 Å². The summed E-state index contributed by atoms with van der Waals surface area (Å²) in [6.45, 7) is 4.07. The Morgan fingerprint density at radius 1 is 0.500 bits per heavy atom. The van der Waals surface area contributed by atoms with Gasteiger partial charge in [-0.2, -0.15) is 0 Å². The monoisotopic (exact) mass is 340 g/mol. The molecule has 4 aromatic heterocycles. The Balaban J connectivity index is 0.000000151. The summed E-state index contributed by atoms with van der Waals surface area (Å²) in [6, 6.07) is 12.1. The first kappa shape index (κ1) is 17.4. The van der Waals surface area contributed by atoms with Gasteiger partial charge >= 0.3 is 0 Å². The van der Waals surface area contributed by atoms with Gasteiger partial charge in [0.15, 0.2) is 0 Å². The van der Waals surface area contributed by atoms with Gasteiger partial charge in [0.2, 0.25) is 0 Å². The molecule has 26 heavy (non-hydrogen) atoms. The van der Waals surface area contributed by atoms with Crippen LogP contribution >= 0.6 is 0 Å². The maximum absolute atomic E-state index is 4.14.